The molecule has 0 radical (unpaired) electrons. The molecule has 356 valence electrons. The van der Waals surface area contributed by atoms with Gasteiger partial charge in [-0.25, -0.2) is 0 Å². The van der Waals surface area contributed by atoms with Crippen molar-refractivity contribution < 1.29 is 18.9 Å². The fraction of sp³-hybridized carbons (Fsp3) is 0.346. The van der Waals surface area contributed by atoms with Crippen LogP contribution in [0.4, 0.5) is 47.1 Å². The summed E-state index contributed by atoms with van der Waals surface area (Å²) in [5, 5.41) is 13.1. The molecule has 0 saturated carbocycles. The largest absolute Gasteiger partial charge is 0.493 e. The van der Waals surface area contributed by atoms with Gasteiger partial charge in [0, 0.05) is 72.4 Å². The average molecular weight is 921 g/mol. The number of hydrogen-bond donors (Lipinski definition) is 6. The summed E-state index contributed by atoms with van der Waals surface area (Å²) in [5.74, 6) is 4.69. The van der Waals surface area contributed by atoms with Gasteiger partial charge in [-0.05, 0) is 72.2 Å². The summed E-state index contributed by atoms with van der Waals surface area (Å²) in [4.78, 5) is 26.7. The summed E-state index contributed by atoms with van der Waals surface area (Å²) in [6.07, 6.45) is 8.74. The van der Waals surface area contributed by atoms with Gasteiger partial charge in [0.1, 0.15) is 23.0 Å². The highest BCUT2D eigenvalue weighted by Gasteiger charge is 2.24. The van der Waals surface area contributed by atoms with E-state index >= 15 is 0 Å². The van der Waals surface area contributed by atoms with Crippen LogP contribution in [0.15, 0.2) is 86.0 Å². The molecule has 2 heterocycles. The molecule has 0 amide bonds. The Morgan fingerprint density at radius 1 is 0.456 bits per heavy atom. The van der Waals surface area contributed by atoms with Gasteiger partial charge in [-0.2, -0.15) is 29.9 Å². The van der Waals surface area contributed by atoms with E-state index in [9.17, 15) is 0 Å². The summed E-state index contributed by atoms with van der Waals surface area (Å²) in [5.41, 5.74) is 21.8. The van der Waals surface area contributed by atoms with Gasteiger partial charge in [0.05, 0.1) is 26.4 Å². The number of benzene rings is 4. The Bertz CT molecular complexity index is 2420. The van der Waals surface area contributed by atoms with Crippen molar-refractivity contribution in [2.75, 3.05) is 72.3 Å². The van der Waals surface area contributed by atoms with E-state index < -0.39 is 0 Å². The van der Waals surface area contributed by atoms with Crippen LogP contribution in [0.5, 0.6) is 23.0 Å². The van der Waals surface area contributed by atoms with E-state index in [0.717, 1.165) is 105 Å². The molecule has 2 aromatic heterocycles. The Morgan fingerprint density at radius 3 is 1.04 bits per heavy atom. The van der Waals surface area contributed by atoms with E-state index in [-0.39, 0.29) is 11.9 Å². The molecule has 6 aromatic rings. The number of para-hydroxylation sites is 2. The van der Waals surface area contributed by atoms with Crippen LogP contribution in [0.25, 0.3) is 0 Å². The van der Waals surface area contributed by atoms with Crippen molar-refractivity contribution in [1.82, 2.24) is 29.9 Å². The number of aromatic nitrogens is 6. The topological polar surface area (TPSA) is 214 Å². The molecule has 16 heteroatoms. The molecule has 0 spiro atoms. The monoisotopic (exact) mass is 921 g/mol. The molecule has 0 saturated heterocycles. The van der Waals surface area contributed by atoms with Gasteiger partial charge in [0.15, 0.2) is 0 Å². The van der Waals surface area contributed by atoms with Gasteiger partial charge < -0.3 is 51.7 Å². The average Bonchev–Trinajstić information content (AvgIpc) is 3.31. The highest BCUT2D eigenvalue weighted by molar-refractivity contribution is 5.66. The fourth-order valence-corrected chi connectivity index (χ4v) is 8.03. The minimum absolute atomic E-state index is 0.0833. The summed E-state index contributed by atoms with van der Waals surface area (Å²) in [6, 6.07) is 21.1. The Morgan fingerprint density at radius 2 is 0.750 bits per heavy atom. The van der Waals surface area contributed by atoms with Crippen LogP contribution in [0.2, 0.25) is 0 Å². The van der Waals surface area contributed by atoms with Crippen LogP contribution in [-0.2, 0) is 25.7 Å². The maximum atomic E-state index is 6.78. The predicted molar refractivity (Wildman–Crippen MR) is 273 cm³/mol. The first-order valence-corrected chi connectivity index (χ1v) is 23.5. The standard InChI is InChI=1S/C52H64N12O4/c1-7-19-55-49-59-47(53)61-51(63-49)57-41-29-37-25-33-15-13-17-35(43(33)65-21-9-3)27-39-31-42(58-52-62-48(54)60-50(64-52)56-20-8-2)32-40(46(39)68-24-12-6)28-36-18-14-16-34(44(36)66-22-10-4)26-38(30-41)45(37)67-23-11-5/h7-8,13-18,29-32H,1-2,9-12,19-28H2,3-6H3,(H4,53,55,57,59,61,63)(H4,54,56,58,60,62,64). The minimum Gasteiger partial charge on any atom is -0.493 e. The molecule has 0 aliphatic heterocycles. The molecule has 4 aromatic carbocycles. The normalized spacial score (nSPS) is 11.8. The predicted octanol–water partition coefficient (Wildman–Crippen LogP) is 9.74. The minimum atomic E-state index is 0.0833. The lowest BCUT2D eigenvalue weighted by Gasteiger charge is -2.24. The lowest BCUT2D eigenvalue weighted by molar-refractivity contribution is 0.304. The Labute approximate surface area is 399 Å². The molecule has 8 N–H and O–H groups in total. The summed E-state index contributed by atoms with van der Waals surface area (Å²) in [7, 11) is 0. The molecule has 0 unspecified atom stereocenters. The van der Waals surface area contributed by atoms with E-state index in [2.05, 4.69) is 153 Å². The SMILES string of the molecule is C=CCNc1nc(N)nc(Nc2cc3c(OCCC)c(c2)Cc2cccc(c2OCCC)Cc2cc(Nc4nc(N)nc(NCC=C)n4)cc(c2OCCC)Cc2cccc(c2OCCC)C3)n1. The number of nitrogens with one attached hydrogen (secondary N) is 4. The fourth-order valence-electron chi connectivity index (χ4n) is 8.03. The van der Waals surface area contributed by atoms with Gasteiger partial charge in [-0.15, -0.1) is 13.2 Å². The van der Waals surface area contributed by atoms with Gasteiger partial charge in [0.2, 0.25) is 35.7 Å². The molecule has 0 fully saturated rings. The summed E-state index contributed by atoms with van der Waals surface area (Å²) in [6.45, 7) is 19.1. The van der Waals surface area contributed by atoms with E-state index in [1.54, 1.807) is 12.2 Å². The molecular weight excluding hydrogens is 857 g/mol. The summed E-state index contributed by atoms with van der Waals surface area (Å²) >= 11 is 0. The van der Waals surface area contributed by atoms with Crippen molar-refractivity contribution in [3.8, 4) is 23.0 Å². The number of fused-ring (bicyclic) bond motifs is 8. The van der Waals surface area contributed by atoms with E-state index in [0.29, 0.717) is 89.0 Å². The second kappa shape index (κ2) is 23.7. The van der Waals surface area contributed by atoms with Crippen molar-refractivity contribution in [2.45, 2.75) is 79.1 Å². The number of nitrogens with two attached hydrogens (primary N) is 2. The van der Waals surface area contributed by atoms with E-state index in [1.165, 1.54) is 0 Å². The number of ether oxygens (including phenoxy) is 4. The van der Waals surface area contributed by atoms with Gasteiger partial charge >= 0.3 is 0 Å². The van der Waals surface area contributed by atoms with Crippen LogP contribution in [0.3, 0.4) is 0 Å². The van der Waals surface area contributed by atoms with Gasteiger partial charge in [0.25, 0.3) is 0 Å². The van der Waals surface area contributed by atoms with Crippen molar-refractivity contribution >= 4 is 47.1 Å². The maximum absolute atomic E-state index is 6.78. The Hall–Kier alpha value is -7.62. The number of hydrogen-bond acceptors (Lipinski definition) is 16. The lowest BCUT2D eigenvalue weighted by atomic mass is 9.90. The number of rotatable bonds is 22. The molecule has 1 aliphatic rings. The number of nitrogens with zero attached hydrogens (tertiary/aromatic N) is 6. The van der Waals surface area contributed by atoms with Crippen molar-refractivity contribution in [2.24, 2.45) is 0 Å². The molecule has 0 atom stereocenters. The maximum Gasteiger partial charge on any atom is 0.233 e. The Balaban J connectivity index is 1.46. The molecule has 1 aliphatic carbocycles. The second-order valence-corrected chi connectivity index (χ2v) is 16.4. The molecule has 16 nitrogen and oxygen atoms in total. The first-order chi connectivity index (χ1) is 33.2. The highest BCUT2D eigenvalue weighted by atomic mass is 16.5. The highest BCUT2D eigenvalue weighted by Crippen LogP contribution is 2.41. The smallest absolute Gasteiger partial charge is 0.233 e. The van der Waals surface area contributed by atoms with Gasteiger partial charge in [-0.3, -0.25) is 0 Å². The van der Waals surface area contributed by atoms with E-state index in [1.807, 2.05) is 0 Å². The quantitative estimate of drug-likeness (QED) is 0.0349. The third-order valence-electron chi connectivity index (χ3n) is 10.8. The van der Waals surface area contributed by atoms with E-state index in [4.69, 9.17) is 30.4 Å². The zero-order valence-corrected chi connectivity index (χ0v) is 39.7. The lowest BCUT2D eigenvalue weighted by Crippen LogP contribution is -2.12. The van der Waals surface area contributed by atoms with Crippen LogP contribution in [-0.4, -0.2) is 69.4 Å². The van der Waals surface area contributed by atoms with Crippen LogP contribution in [0.1, 0.15) is 97.9 Å². The summed E-state index contributed by atoms with van der Waals surface area (Å²) < 4.78 is 27.1. The zero-order chi connectivity index (χ0) is 47.8. The van der Waals surface area contributed by atoms with Crippen LogP contribution < -0.4 is 51.7 Å². The third kappa shape index (κ3) is 12.4. The van der Waals surface area contributed by atoms with Crippen molar-refractivity contribution in [3.63, 3.8) is 0 Å². The number of nitrogen functional groups attached to an aromatic ring is 2. The second-order valence-electron chi connectivity index (χ2n) is 16.4. The molecule has 68 heavy (non-hydrogen) atoms. The van der Waals surface area contributed by atoms with Crippen LogP contribution in [0, 0.1) is 0 Å². The van der Waals surface area contributed by atoms with Crippen molar-refractivity contribution in [1.29, 1.82) is 0 Å². The number of anilines is 8. The zero-order valence-electron chi connectivity index (χ0n) is 39.7. The first-order valence-electron chi connectivity index (χ1n) is 23.5. The Kier molecular flexibility index (Phi) is 16.9. The molecule has 7 rings (SSSR count). The molecule has 8 bridgehead atoms. The third-order valence-corrected chi connectivity index (χ3v) is 10.8. The van der Waals surface area contributed by atoms with Crippen LogP contribution >= 0.6 is 0 Å². The van der Waals surface area contributed by atoms with Crippen molar-refractivity contribution in [3.05, 3.63) is 130 Å². The first kappa shape index (κ1) is 48.3. The molecular formula is C52H64N12O4. The van der Waals surface area contributed by atoms with Gasteiger partial charge in [-0.1, -0.05) is 76.2 Å².